The van der Waals surface area contributed by atoms with Gasteiger partial charge in [-0.2, -0.15) is 0 Å². The zero-order chi connectivity index (χ0) is 14.4. The van der Waals surface area contributed by atoms with Crippen LogP contribution in [0.3, 0.4) is 0 Å². The molecular weight excluding hydrogens is 260 g/mol. The van der Waals surface area contributed by atoms with E-state index in [-0.39, 0.29) is 6.04 Å². The van der Waals surface area contributed by atoms with Crippen LogP contribution in [0.2, 0.25) is 0 Å². The van der Waals surface area contributed by atoms with Crippen molar-refractivity contribution in [3.05, 3.63) is 41.4 Å². The molecule has 1 aromatic heterocycles. The lowest BCUT2D eigenvalue weighted by atomic mass is 9.98. The zero-order valence-corrected chi connectivity index (χ0v) is 11.5. The number of nitrogens with zero attached hydrogens (tertiary/aromatic N) is 2. The van der Waals surface area contributed by atoms with Crippen molar-refractivity contribution in [2.75, 3.05) is 0 Å². The van der Waals surface area contributed by atoms with Crippen molar-refractivity contribution >= 4 is 0 Å². The Morgan fingerprint density at radius 3 is 2.75 bits per heavy atom. The van der Waals surface area contributed by atoms with Crippen molar-refractivity contribution in [2.24, 2.45) is 11.7 Å². The van der Waals surface area contributed by atoms with Gasteiger partial charge in [-0.1, -0.05) is 6.92 Å². The van der Waals surface area contributed by atoms with Crippen LogP contribution in [0.4, 0.5) is 8.78 Å². The lowest BCUT2D eigenvalue weighted by Crippen LogP contribution is -2.27. The fourth-order valence-corrected chi connectivity index (χ4v) is 2.91. The maximum Gasteiger partial charge on any atom is 0.159 e. The second-order valence-electron chi connectivity index (χ2n) is 5.59. The number of hydrogen-bond donors (Lipinski definition) is 1. The standard InChI is InChI=1S/C15H17F2N3/c1-8-5-13(18)15-19-14(9(2)20(15)7-8)10-3-4-11(16)12(17)6-10/h3-4,6,8,13H,5,7,18H2,1-2H3. The van der Waals surface area contributed by atoms with Gasteiger partial charge in [0, 0.05) is 17.8 Å². The minimum Gasteiger partial charge on any atom is -0.330 e. The van der Waals surface area contributed by atoms with E-state index in [2.05, 4.69) is 16.5 Å². The van der Waals surface area contributed by atoms with Crippen LogP contribution in [0.25, 0.3) is 11.3 Å². The summed E-state index contributed by atoms with van der Waals surface area (Å²) in [7, 11) is 0. The molecule has 2 N–H and O–H groups in total. The first-order valence-corrected chi connectivity index (χ1v) is 6.75. The van der Waals surface area contributed by atoms with Crippen LogP contribution in [-0.2, 0) is 6.54 Å². The maximum absolute atomic E-state index is 13.4. The lowest BCUT2D eigenvalue weighted by molar-refractivity contribution is 0.343. The normalized spacial score (nSPS) is 21.9. The van der Waals surface area contributed by atoms with Crippen LogP contribution in [0, 0.1) is 24.5 Å². The van der Waals surface area contributed by atoms with E-state index in [9.17, 15) is 8.78 Å². The molecule has 0 radical (unpaired) electrons. The molecule has 0 bridgehead atoms. The monoisotopic (exact) mass is 277 g/mol. The summed E-state index contributed by atoms with van der Waals surface area (Å²) in [5.41, 5.74) is 8.36. The van der Waals surface area contributed by atoms with Gasteiger partial charge >= 0.3 is 0 Å². The third-order valence-electron chi connectivity index (χ3n) is 3.93. The van der Waals surface area contributed by atoms with E-state index < -0.39 is 11.6 Å². The van der Waals surface area contributed by atoms with Gasteiger partial charge in [0.1, 0.15) is 5.82 Å². The van der Waals surface area contributed by atoms with Crippen molar-refractivity contribution in [2.45, 2.75) is 32.9 Å². The Kier molecular flexibility index (Phi) is 3.09. The Morgan fingerprint density at radius 2 is 2.05 bits per heavy atom. The Hall–Kier alpha value is -1.75. The minimum absolute atomic E-state index is 0.100. The molecule has 1 aromatic carbocycles. The van der Waals surface area contributed by atoms with Gasteiger partial charge in [0.15, 0.2) is 11.6 Å². The summed E-state index contributed by atoms with van der Waals surface area (Å²) >= 11 is 0. The van der Waals surface area contributed by atoms with Gasteiger partial charge in [-0.3, -0.25) is 0 Å². The number of rotatable bonds is 1. The fraction of sp³-hybridized carbons (Fsp3) is 0.400. The predicted molar refractivity (Wildman–Crippen MR) is 73.0 cm³/mol. The molecule has 0 amide bonds. The van der Waals surface area contributed by atoms with E-state index in [1.54, 1.807) is 6.07 Å². The third kappa shape index (κ3) is 2.02. The van der Waals surface area contributed by atoms with E-state index in [0.29, 0.717) is 17.2 Å². The number of fused-ring (bicyclic) bond motifs is 1. The van der Waals surface area contributed by atoms with E-state index in [0.717, 1.165) is 30.6 Å². The van der Waals surface area contributed by atoms with Crippen molar-refractivity contribution < 1.29 is 8.78 Å². The average Bonchev–Trinajstić information content (AvgIpc) is 2.71. The van der Waals surface area contributed by atoms with Crippen LogP contribution >= 0.6 is 0 Å². The molecule has 0 saturated carbocycles. The lowest BCUT2D eigenvalue weighted by Gasteiger charge is -2.26. The molecule has 3 rings (SSSR count). The number of halogens is 2. The Bertz CT molecular complexity index is 663. The van der Waals surface area contributed by atoms with Crippen LogP contribution in [0.1, 0.15) is 30.9 Å². The second-order valence-corrected chi connectivity index (χ2v) is 5.59. The average molecular weight is 277 g/mol. The molecule has 0 aliphatic carbocycles. The van der Waals surface area contributed by atoms with Gasteiger partial charge < -0.3 is 10.3 Å². The van der Waals surface area contributed by atoms with Crippen LogP contribution in [-0.4, -0.2) is 9.55 Å². The Morgan fingerprint density at radius 1 is 1.30 bits per heavy atom. The summed E-state index contributed by atoms with van der Waals surface area (Å²) in [5.74, 6) is -0.380. The molecule has 0 spiro atoms. The number of hydrogen-bond acceptors (Lipinski definition) is 2. The molecule has 2 aromatic rings. The predicted octanol–water partition coefficient (Wildman–Crippen LogP) is 3.18. The van der Waals surface area contributed by atoms with E-state index >= 15 is 0 Å². The number of imidazole rings is 1. The van der Waals surface area contributed by atoms with Crippen LogP contribution in [0.5, 0.6) is 0 Å². The molecule has 20 heavy (non-hydrogen) atoms. The SMILES string of the molecule is Cc1c(-c2ccc(F)c(F)c2)nc2n1CC(C)CC2N. The summed E-state index contributed by atoms with van der Waals surface area (Å²) in [6.07, 6.45) is 0.897. The minimum atomic E-state index is -0.856. The summed E-state index contributed by atoms with van der Waals surface area (Å²) in [6.45, 7) is 4.96. The Labute approximate surface area is 116 Å². The van der Waals surface area contributed by atoms with Crippen molar-refractivity contribution in [3.63, 3.8) is 0 Å². The largest absolute Gasteiger partial charge is 0.330 e. The number of nitrogens with two attached hydrogens (primary N) is 1. The first-order valence-electron chi connectivity index (χ1n) is 6.75. The smallest absolute Gasteiger partial charge is 0.159 e. The van der Waals surface area contributed by atoms with E-state index in [4.69, 9.17) is 5.73 Å². The van der Waals surface area contributed by atoms with Gasteiger partial charge in [-0.25, -0.2) is 13.8 Å². The zero-order valence-electron chi connectivity index (χ0n) is 11.5. The number of aromatic nitrogens is 2. The van der Waals surface area contributed by atoms with Crippen molar-refractivity contribution in [3.8, 4) is 11.3 Å². The van der Waals surface area contributed by atoms with Crippen LogP contribution < -0.4 is 5.73 Å². The quantitative estimate of drug-likeness (QED) is 0.870. The van der Waals surface area contributed by atoms with Crippen molar-refractivity contribution in [1.29, 1.82) is 0 Å². The summed E-state index contributed by atoms with van der Waals surface area (Å²) in [4.78, 5) is 4.56. The molecule has 2 heterocycles. The molecule has 0 saturated heterocycles. The highest BCUT2D eigenvalue weighted by atomic mass is 19.2. The topological polar surface area (TPSA) is 43.8 Å². The molecule has 1 aliphatic heterocycles. The highest BCUT2D eigenvalue weighted by molar-refractivity contribution is 5.62. The van der Waals surface area contributed by atoms with Gasteiger partial charge in [0.2, 0.25) is 0 Å². The van der Waals surface area contributed by atoms with Gasteiger partial charge in [0.05, 0.1) is 11.7 Å². The van der Waals surface area contributed by atoms with Gasteiger partial charge in [-0.05, 0) is 37.5 Å². The highest BCUT2D eigenvalue weighted by Gasteiger charge is 2.27. The van der Waals surface area contributed by atoms with Crippen molar-refractivity contribution in [1.82, 2.24) is 9.55 Å². The van der Waals surface area contributed by atoms with Crippen LogP contribution in [0.15, 0.2) is 18.2 Å². The molecule has 1 aliphatic rings. The van der Waals surface area contributed by atoms with Gasteiger partial charge in [0.25, 0.3) is 0 Å². The molecule has 2 unspecified atom stereocenters. The van der Waals surface area contributed by atoms with E-state index in [1.807, 2.05) is 6.92 Å². The summed E-state index contributed by atoms with van der Waals surface area (Å²) < 4.78 is 28.5. The summed E-state index contributed by atoms with van der Waals surface area (Å²) in [5, 5.41) is 0. The molecule has 0 fully saturated rings. The second kappa shape index (κ2) is 4.66. The first-order chi connectivity index (χ1) is 9.47. The number of benzene rings is 1. The maximum atomic E-state index is 13.4. The molecule has 2 atom stereocenters. The van der Waals surface area contributed by atoms with Gasteiger partial charge in [-0.15, -0.1) is 0 Å². The third-order valence-corrected chi connectivity index (χ3v) is 3.93. The fourth-order valence-electron chi connectivity index (χ4n) is 2.91. The molecule has 106 valence electrons. The molecule has 5 heteroatoms. The molecule has 3 nitrogen and oxygen atoms in total. The molecular formula is C15H17F2N3. The first kappa shape index (κ1) is 13.2. The highest BCUT2D eigenvalue weighted by Crippen LogP contribution is 2.32. The van der Waals surface area contributed by atoms with E-state index in [1.165, 1.54) is 6.07 Å². The summed E-state index contributed by atoms with van der Waals surface area (Å²) in [6, 6.07) is 3.77. The Balaban J connectivity index is 2.11.